The summed E-state index contributed by atoms with van der Waals surface area (Å²) < 4.78 is 0. The first-order chi connectivity index (χ1) is 14.1. The SMILES string of the molecule is O=C(NC[C@@H]1CC[C@H](CC(=O)N2CCCCC2)N1CC1CC1)c1cccc(=O)[nH]1. The van der Waals surface area contributed by atoms with Crippen LogP contribution in [0.4, 0.5) is 0 Å². The van der Waals surface area contributed by atoms with Crippen molar-refractivity contribution in [3.8, 4) is 0 Å². The summed E-state index contributed by atoms with van der Waals surface area (Å²) in [5.41, 5.74) is 0.0197. The molecule has 1 aliphatic carbocycles. The van der Waals surface area contributed by atoms with Crippen LogP contribution in [0.15, 0.2) is 23.0 Å². The number of piperidine rings is 1. The number of pyridine rings is 1. The topological polar surface area (TPSA) is 85.5 Å². The first-order valence-electron chi connectivity index (χ1n) is 11.1. The summed E-state index contributed by atoms with van der Waals surface area (Å²) in [7, 11) is 0. The van der Waals surface area contributed by atoms with Crippen molar-refractivity contribution in [2.75, 3.05) is 26.2 Å². The molecule has 7 heteroatoms. The Morgan fingerprint density at radius 3 is 2.52 bits per heavy atom. The predicted molar refractivity (Wildman–Crippen MR) is 111 cm³/mol. The van der Waals surface area contributed by atoms with Gasteiger partial charge in [-0.25, -0.2) is 0 Å². The summed E-state index contributed by atoms with van der Waals surface area (Å²) in [6.45, 7) is 3.39. The van der Waals surface area contributed by atoms with E-state index in [1.165, 1.54) is 25.3 Å². The molecule has 0 unspecified atom stereocenters. The van der Waals surface area contributed by atoms with E-state index in [9.17, 15) is 14.4 Å². The van der Waals surface area contributed by atoms with E-state index in [0.29, 0.717) is 24.6 Å². The molecule has 0 radical (unpaired) electrons. The molecule has 3 heterocycles. The van der Waals surface area contributed by atoms with E-state index >= 15 is 0 Å². The third-order valence-electron chi connectivity index (χ3n) is 6.57. The van der Waals surface area contributed by atoms with E-state index in [1.54, 1.807) is 12.1 Å². The molecule has 2 aliphatic heterocycles. The number of likely N-dealkylation sites (tertiary alicyclic amines) is 2. The fourth-order valence-electron chi connectivity index (χ4n) is 4.71. The van der Waals surface area contributed by atoms with E-state index < -0.39 is 0 Å². The molecule has 3 fully saturated rings. The molecular formula is C22H32N4O3. The third kappa shape index (κ3) is 5.26. The minimum atomic E-state index is -0.273. The van der Waals surface area contributed by atoms with Crippen molar-refractivity contribution in [1.82, 2.24) is 20.1 Å². The molecule has 2 N–H and O–H groups in total. The molecule has 2 amide bonds. The maximum Gasteiger partial charge on any atom is 0.267 e. The van der Waals surface area contributed by atoms with Gasteiger partial charge in [-0.1, -0.05) is 6.07 Å². The standard InChI is InChI=1S/C22H32N4O3/c27-20-6-4-5-19(24-20)22(29)23-14-18-10-9-17(26(18)15-16-7-8-16)13-21(28)25-11-2-1-3-12-25/h4-6,16-18H,1-3,7-15H2,(H,23,29)(H,24,27)/t17-,18+/m1/s1. The molecule has 0 aromatic carbocycles. The van der Waals surface area contributed by atoms with Gasteiger partial charge in [0, 0.05) is 50.7 Å². The molecule has 1 aromatic heterocycles. The molecule has 1 aromatic rings. The fourth-order valence-corrected chi connectivity index (χ4v) is 4.71. The molecule has 7 nitrogen and oxygen atoms in total. The van der Waals surface area contributed by atoms with Gasteiger partial charge in [-0.3, -0.25) is 19.3 Å². The Hall–Kier alpha value is -2.15. The monoisotopic (exact) mass is 400 g/mol. The lowest BCUT2D eigenvalue weighted by Crippen LogP contribution is -2.46. The second-order valence-corrected chi connectivity index (χ2v) is 8.81. The van der Waals surface area contributed by atoms with Gasteiger partial charge in [0.05, 0.1) is 0 Å². The number of amides is 2. The van der Waals surface area contributed by atoms with E-state index in [1.807, 2.05) is 4.90 Å². The van der Waals surface area contributed by atoms with Crippen LogP contribution < -0.4 is 10.9 Å². The van der Waals surface area contributed by atoms with Crippen molar-refractivity contribution in [2.45, 2.75) is 63.5 Å². The quantitative estimate of drug-likeness (QED) is 0.730. The van der Waals surface area contributed by atoms with E-state index in [2.05, 4.69) is 15.2 Å². The average Bonchev–Trinajstić information content (AvgIpc) is 3.48. The molecule has 4 rings (SSSR count). The van der Waals surface area contributed by atoms with E-state index in [-0.39, 0.29) is 23.6 Å². The van der Waals surface area contributed by atoms with Crippen molar-refractivity contribution < 1.29 is 9.59 Å². The van der Waals surface area contributed by atoms with Gasteiger partial charge in [-0.05, 0) is 56.9 Å². The van der Waals surface area contributed by atoms with Gasteiger partial charge >= 0.3 is 0 Å². The Labute approximate surface area is 171 Å². The van der Waals surface area contributed by atoms with Gasteiger partial charge in [0.15, 0.2) is 0 Å². The van der Waals surface area contributed by atoms with E-state index in [0.717, 1.165) is 51.2 Å². The number of aromatic nitrogens is 1. The number of rotatable bonds is 7. The molecule has 3 aliphatic rings. The van der Waals surface area contributed by atoms with Crippen LogP contribution in [0.1, 0.15) is 61.9 Å². The van der Waals surface area contributed by atoms with Crippen LogP contribution >= 0.6 is 0 Å². The van der Waals surface area contributed by atoms with Gasteiger partial charge in [0.25, 0.3) is 5.91 Å². The van der Waals surface area contributed by atoms with Crippen LogP contribution in [0.2, 0.25) is 0 Å². The van der Waals surface area contributed by atoms with Gasteiger partial charge in [0.1, 0.15) is 5.69 Å². The highest BCUT2D eigenvalue weighted by atomic mass is 16.2. The Bertz CT molecular complexity index is 782. The minimum absolute atomic E-state index is 0.248. The fraction of sp³-hybridized carbons (Fsp3) is 0.682. The predicted octanol–water partition coefficient (Wildman–Crippen LogP) is 1.75. The third-order valence-corrected chi connectivity index (χ3v) is 6.57. The zero-order chi connectivity index (χ0) is 20.2. The Morgan fingerprint density at radius 1 is 1.03 bits per heavy atom. The highest BCUT2D eigenvalue weighted by molar-refractivity contribution is 5.92. The number of nitrogens with zero attached hydrogens (tertiary/aromatic N) is 2. The molecule has 0 bridgehead atoms. The Kier molecular flexibility index (Phi) is 6.33. The summed E-state index contributed by atoms with van der Waals surface area (Å²) >= 11 is 0. The largest absolute Gasteiger partial charge is 0.349 e. The molecule has 29 heavy (non-hydrogen) atoms. The molecule has 158 valence electrons. The van der Waals surface area contributed by atoms with Crippen molar-refractivity contribution >= 4 is 11.8 Å². The second-order valence-electron chi connectivity index (χ2n) is 8.81. The number of H-pyrrole nitrogens is 1. The number of carbonyl (C=O) groups is 2. The Morgan fingerprint density at radius 2 is 1.79 bits per heavy atom. The molecule has 2 atom stereocenters. The van der Waals surface area contributed by atoms with Gasteiger partial charge in [-0.15, -0.1) is 0 Å². The van der Waals surface area contributed by atoms with Crippen LogP contribution in [-0.4, -0.2) is 64.9 Å². The summed E-state index contributed by atoms with van der Waals surface area (Å²) in [4.78, 5) is 43.7. The Balaban J connectivity index is 1.34. The van der Waals surface area contributed by atoms with Crippen LogP contribution in [-0.2, 0) is 4.79 Å². The van der Waals surface area contributed by atoms with Crippen molar-refractivity contribution in [3.63, 3.8) is 0 Å². The second kappa shape index (κ2) is 9.11. The first-order valence-corrected chi connectivity index (χ1v) is 11.1. The molecule has 1 saturated carbocycles. The van der Waals surface area contributed by atoms with Crippen molar-refractivity contribution in [3.05, 3.63) is 34.2 Å². The van der Waals surface area contributed by atoms with Crippen LogP contribution in [0, 0.1) is 5.92 Å². The lowest BCUT2D eigenvalue weighted by molar-refractivity contribution is -0.133. The van der Waals surface area contributed by atoms with Gasteiger partial charge < -0.3 is 15.2 Å². The van der Waals surface area contributed by atoms with Crippen LogP contribution in [0.5, 0.6) is 0 Å². The lowest BCUT2D eigenvalue weighted by atomic mass is 10.1. The molecular weight excluding hydrogens is 368 g/mol. The first kappa shape index (κ1) is 20.1. The van der Waals surface area contributed by atoms with Crippen molar-refractivity contribution in [2.24, 2.45) is 5.92 Å². The highest BCUT2D eigenvalue weighted by Crippen LogP contribution is 2.35. The van der Waals surface area contributed by atoms with Crippen LogP contribution in [0.3, 0.4) is 0 Å². The summed E-state index contributed by atoms with van der Waals surface area (Å²) in [5, 5.41) is 2.98. The molecule has 0 spiro atoms. The van der Waals surface area contributed by atoms with Crippen LogP contribution in [0.25, 0.3) is 0 Å². The van der Waals surface area contributed by atoms with Gasteiger partial charge in [-0.2, -0.15) is 0 Å². The lowest BCUT2D eigenvalue weighted by Gasteiger charge is -2.33. The average molecular weight is 401 g/mol. The molecule has 2 saturated heterocycles. The maximum absolute atomic E-state index is 12.8. The van der Waals surface area contributed by atoms with Crippen molar-refractivity contribution in [1.29, 1.82) is 0 Å². The smallest absolute Gasteiger partial charge is 0.267 e. The zero-order valence-corrected chi connectivity index (χ0v) is 17.1. The number of hydrogen-bond acceptors (Lipinski definition) is 4. The van der Waals surface area contributed by atoms with Gasteiger partial charge in [0.2, 0.25) is 11.5 Å². The minimum Gasteiger partial charge on any atom is -0.349 e. The number of aromatic amines is 1. The number of hydrogen-bond donors (Lipinski definition) is 2. The number of nitrogens with one attached hydrogen (secondary N) is 2. The zero-order valence-electron chi connectivity index (χ0n) is 17.1. The highest BCUT2D eigenvalue weighted by Gasteiger charge is 2.38. The summed E-state index contributed by atoms with van der Waals surface area (Å²) in [6, 6.07) is 5.14. The summed E-state index contributed by atoms with van der Waals surface area (Å²) in [5.74, 6) is 0.785. The van der Waals surface area contributed by atoms with E-state index in [4.69, 9.17) is 0 Å². The number of carbonyl (C=O) groups excluding carboxylic acids is 2. The summed E-state index contributed by atoms with van der Waals surface area (Å²) in [6.07, 6.45) is 8.63. The normalized spacial score (nSPS) is 25.2. The maximum atomic E-state index is 12.8.